The average molecular weight is 466 g/mol. The lowest BCUT2D eigenvalue weighted by Crippen LogP contribution is -2.54. The highest BCUT2D eigenvalue weighted by molar-refractivity contribution is 7.11. The third kappa shape index (κ3) is 4.03. The Morgan fingerprint density at radius 3 is 2.39 bits per heavy atom. The van der Waals surface area contributed by atoms with Gasteiger partial charge in [0.25, 0.3) is 5.91 Å². The average Bonchev–Trinajstić information content (AvgIpc) is 3.47. The minimum atomic E-state index is -0.378. The number of Topliss-reactive ketones (excluding diaryl/α,β-unsaturated/α-hetero) is 1. The Kier molecular flexibility index (Phi) is 5.57. The monoisotopic (exact) mass is 465 g/mol. The number of nitrogens with zero attached hydrogens (tertiary/aromatic N) is 3. The molecule has 2 heterocycles. The number of carbonyl (C=O) groups is 2. The molecule has 0 radical (unpaired) electrons. The van der Waals surface area contributed by atoms with Gasteiger partial charge in [-0.1, -0.05) is 41.7 Å². The third-order valence-electron chi connectivity index (χ3n) is 8.33. The van der Waals surface area contributed by atoms with Gasteiger partial charge >= 0.3 is 0 Å². The largest absolute Gasteiger partial charge is 0.370 e. The van der Waals surface area contributed by atoms with Crippen molar-refractivity contribution >= 4 is 23.0 Å². The van der Waals surface area contributed by atoms with Crippen molar-refractivity contribution in [2.75, 3.05) is 6.54 Å². The molecule has 0 spiro atoms. The van der Waals surface area contributed by atoms with E-state index in [-0.39, 0.29) is 23.1 Å². The van der Waals surface area contributed by atoms with Crippen LogP contribution in [-0.2, 0) is 27.5 Å². The molecule has 7 heteroatoms. The number of aromatic nitrogens is 2. The van der Waals surface area contributed by atoms with Gasteiger partial charge in [0, 0.05) is 12.0 Å². The number of rotatable bonds is 7. The molecular formula is C26H31N3O3S. The van der Waals surface area contributed by atoms with Crippen LogP contribution in [0, 0.1) is 23.2 Å². The number of carbonyl (C=O) groups excluding carboxylic acids is 2. The summed E-state index contributed by atoms with van der Waals surface area (Å²) in [5.74, 6) is 1.60. The van der Waals surface area contributed by atoms with E-state index in [4.69, 9.17) is 4.74 Å². The van der Waals surface area contributed by atoms with E-state index in [1.165, 1.54) is 30.6 Å². The van der Waals surface area contributed by atoms with Gasteiger partial charge in [-0.15, -0.1) is 10.2 Å². The molecule has 1 amide bonds. The van der Waals surface area contributed by atoms with E-state index in [9.17, 15) is 9.59 Å². The van der Waals surface area contributed by atoms with Crippen LogP contribution in [0.15, 0.2) is 30.3 Å². The highest BCUT2D eigenvalue weighted by Crippen LogP contribution is 2.60. The fraction of sp³-hybridized carbons (Fsp3) is 0.615. The molecule has 33 heavy (non-hydrogen) atoms. The number of hydrogen-bond acceptors (Lipinski definition) is 6. The molecule has 1 aromatic heterocycles. The number of amides is 1. The minimum Gasteiger partial charge on any atom is -0.370 e. The summed E-state index contributed by atoms with van der Waals surface area (Å²) in [6.45, 7) is 1.57. The molecule has 0 N–H and O–H groups in total. The summed E-state index contributed by atoms with van der Waals surface area (Å²) in [6.07, 6.45) is 8.37. The van der Waals surface area contributed by atoms with Crippen LogP contribution in [-0.4, -0.2) is 33.3 Å². The second kappa shape index (κ2) is 8.58. The first-order chi connectivity index (χ1) is 16.1. The smallest absolute Gasteiger partial charge is 0.291 e. The summed E-state index contributed by atoms with van der Waals surface area (Å²) in [5.41, 5.74) is 0.745. The number of ketones is 1. The lowest BCUT2D eigenvalue weighted by atomic mass is 9.48. The van der Waals surface area contributed by atoms with Crippen molar-refractivity contribution in [2.45, 2.75) is 70.6 Å². The van der Waals surface area contributed by atoms with E-state index in [2.05, 4.69) is 10.2 Å². The molecule has 7 rings (SSSR count). The first kappa shape index (κ1) is 21.4. The van der Waals surface area contributed by atoms with Crippen LogP contribution >= 0.6 is 11.3 Å². The van der Waals surface area contributed by atoms with Gasteiger partial charge in [-0.05, 0) is 74.7 Å². The van der Waals surface area contributed by atoms with Gasteiger partial charge in [-0.2, -0.15) is 0 Å². The van der Waals surface area contributed by atoms with Gasteiger partial charge in [0.05, 0.1) is 12.6 Å². The molecule has 5 fully saturated rings. The van der Waals surface area contributed by atoms with Crippen LogP contribution in [0.25, 0.3) is 0 Å². The van der Waals surface area contributed by atoms with Crippen LogP contribution < -0.4 is 0 Å². The summed E-state index contributed by atoms with van der Waals surface area (Å²) in [4.78, 5) is 28.9. The molecule has 1 atom stereocenters. The number of benzene rings is 1. The predicted molar refractivity (Wildman–Crippen MR) is 124 cm³/mol. The summed E-state index contributed by atoms with van der Waals surface area (Å²) in [6, 6.07) is 9.93. The third-order valence-corrected chi connectivity index (χ3v) is 9.33. The van der Waals surface area contributed by atoms with Crippen molar-refractivity contribution in [3.05, 3.63) is 45.9 Å². The summed E-state index contributed by atoms with van der Waals surface area (Å²) in [5, 5.41) is 10.3. The normalized spacial score (nSPS) is 32.4. The first-order valence-electron chi connectivity index (χ1n) is 12.4. The van der Waals surface area contributed by atoms with Crippen molar-refractivity contribution < 1.29 is 14.3 Å². The predicted octanol–water partition coefficient (Wildman–Crippen LogP) is 4.70. The number of hydrogen-bond donors (Lipinski definition) is 0. The van der Waals surface area contributed by atoms with E-state index >= 15 is 0 Å². The van der Waals surface area contributed by atoms with Gasteiger partial charge in [0.15, 0.2) is 0 Å². The Hall–Kier alpha value is -2.12. The Morgan fingerprint density at radius 1 is 1.00 bits per heavy atom. The molecule has 4 bridgehead atoms. The van der Waals surface area contributed by atoms with E-state index in [0.717, 1.165) is 47.7 Å². The summed E-state index contributed by atoms with van der Waals surface area (Å²) < 4.78 is 5.81. The quantitative estimate of drug-likeness (QED) is 0.554. The van der Waals surface area contributed by atoms with E-state index in [1.54, 1.807) is 4.90 Å². The van der Waals surface area contributed by atoms with Crippen LogP contribution in [0.3, 0.4) is 0 Å². The van der Waals surface area contributed by atoms with Gasteiger partial charge < -0.3 is 9.64 Å². The molecule has 4 aliphatic carbocycles. The maximum absolute atomic E-state index is 13.6. The van der Waals surface area contributed by atoms with Crippen LogP contribution in [0.2, 0.25) is 0 Å². The van der Waals surface area contributed by atoms with E-state index in [0.29, 0.717) is 37.5 Å². The maximum atomic E-state index is 13.6. The van der Waals surface area contributed by atoms with Gasteiger partial charge in [-0.3, -0.25) is 9.59 Å². The Labute approximate surface area is 198 Å². The van der Waals surface area contributed by atoms with Crippen molar-refractivity contribution in [1.29, 1.82) is 0 Å². The van der Waals surface area contributed by atoms with E-state index in [1.807, 2.05) is 30.3 Å². The van der Waals surface area contributed by atoms with Crippen molar-refractivity contribution in [3.8, 4) is 0 Å². The first-order valence-corrected chi connectivity index (χ1v) is 13.2. The number of ether oxygens (including phenoxy) is 1. The Morgan fingerprint density at radius 2 is 1.70 bits per heavy atom. The second-order valence-electron chi connectivity index (χ2n) is 10.7. The zero-order valence-corrected chi connectivity index (χ0v) is 19.8. The highest BCUT2D eigenvalue weighted by atomic mass is 32.1. The second-order valence-corrected chi connectivity index (χ2v) is 11.8. The Bertz CT molecular complexity index is 1000. The molecule has 5 aliphatic rings. The fourth-order valence-corrected chi connectivity index (χ4v) is 8.23. The maximum Gasteiger partial charge on any atom is 0.291 e. The lowest BCUT2D eigenvalue weighted by Gasteiger charge is -2.55. The fourth-order valence-electron chi connectivity index (χ4n) is 7.30. The van der Waals surface area contributed by atoms with Crippen LogP contribution in [0.4, 0.5) is 0 Å². The van der Waals surface area contributed by atoms with E-state index < -0.39 is 0 Å². The lowest BCUT2D eigenvalue weighted by molar-refractivity contribution is -0.159. The molecule has 1 aromatic carbocycles. The molecule has 1 saturated heterocycles. The highest BCUT2D eigenvalue weighted by Gasteiger charge is 2.57. The Balaban J connectivity index is 1.11. The zero-order chi connectivity index (χ0) is 22.4. The molecular weight excluding hydrogens is 434 g/mol. The summed E-state index contributed by atoms with van der Waals surface area (Å²) >= 11 is 1.51. The SMILES string of the molecule is O=C(C(=O)C12CC3CC(CC(C3)C1)C2)N1CCCC1c1nnc(COCc2ccccc2)s1. The van der Waals surface area contributed by atoms with Crippen molar-refractivity contribution in [2.24, 2.45) is 23.2 Å². The molecule has 2 aromatic rings. The van der Waals surface area contributed by atoms with Gasteiger partial charge in [0.1, 0.15) is 16.6 Å². The van der Waals surface area contributed by atoms with Gasteiger partial charge in [0.2, 0.25) is 5.78 Å². The van der Waals surface area contributed by atoms with Crippen LogP contribution in [0.1, 0.15) is 73.0 Å². The van der Waals surface area contributed by atoms with Crippen molar-refractivity contribution in [3.63, 3.8) is 0 Å². The molecule has 1 unspecified atom stereocenters. The summed E-state index contributed by atoms with van der Waals surface area (Å²) in [7, 11) is 0. The molecule has 174 valence electrons. The zero-order valence-electron chi connectivity index (χ0n) is 18.9. The number of likely N-dealkylation sites (tertiary alicyclic amines) is 1. The van der Waals surface area contributed by atoms with Gasteiger partial charge in [-0.25, -0.2) is 0 Å². The van der Waals surface area contributed by atoms with Crippen molar-refractivity contribution in [1.82, 2.24) is 15.1 Å². The molecule has 4 saturated carbocycles. The topological polar surface area (TPSA) is 72.4 Å². The molecule has 6 nitrogen and oxygen atoms in total. The molecule has 1 aliphatic heterocycles. The standard InChI is InChI=1S/C26H31N3O3S/c30-23(26-12-18-9-19(13-26)11-20(10-18)14-26)25(31)29-8-4-7-21(29)24-28-27-22(33-24)16-32-15-17-5-2-1-3-6-17/h1-3,5-6,18-21H,4,7-16H2. The van der Waals surface area contributed by atoms with Crippen LogP contribution in [0.5, 0.6) is 0 Å². The minimum absolute atomic E-state index is 0.107.